The molecule has 0 radical (unpaired) electrons. The average molecular weight is 484 g/mol. The number of rotatable bonds is 6. The van der Waals surface area contributed by atoms with Gasteiger partial charge in [0.25, 0.3) is 0 Å². The Hall–Kier alpha value is -2.54. The second kappa shape index (κ2) is 8.59. The number of aliphatic carboxylic acids is 1. The Morgan fingerprint density at radius 2 is 2.06 bits per heavy atom. The van der Waals surface area contributed by atoms with Crippen molar-refractivity contribution in [3.63, 3.8) is 0 Å². The van der Waals surface area contributed by atoms with Crippen LogP contribution in [-0.4, -0.2) is 30.2 Å². The van der Waals surface area contributed by atoms with E-state index in [0.717, 1.165) is 43.2 Å². The number of halogens is 1. The molecule has 1 aromatic carbocycles. The summed E-state index contributed by atoms with van der Waals surface area (Å²) in [4.78, 5) is 15.1. The normalized spacial score (nSPS) is 27.9. The molecule has 3 aliphatic carbocycles. The third-order valence-corrected chi connectivity index (χ3v) is 10.3. The first-order chi connectivity index (χ1) is 16.2. The van der Waals surface area contributed by atoms with E-state index < -0.39 is 15.8 Å². The lowest BCUT2D eigenvalue weighted by Crippen LogP contribution is -2.41. The predicted octanol–water partition coefficient (Wildman–Crippen LogP) is 5.41. The number of fused-ring (bicyclic) bond motifs is 5. The summed E-state index contributed by atoms with van der Waals surface area (Å²) in [5.74, 6) is -0.0252. The molecule has 0 aliphatic heterocycles. The van der Waals surface area contributed by atoms with E-state index in [0.29, 0.717) is 22.6 Å². The summed E-state index contributed by atoms with van der Waals surface area (Å²) >= 11 is 0. The van der Waals surface area contributed by atoms with Gasteiger partial charge in [-0.25, -0.2) is 12.8 Å². The van der Waals surface area contributed by atoms with E-state index in [4.69, 9.17) is 5.11 Å². The van der Waals surface area contributed by atoms with E-state index in [-0.39, 0.29) is 29.8 Å². The number of aromatic nitrogens is 1. The van der Waals surface area contributed by atoms with Gasteiger partial charge in [-0.3, -0.25) is 9.78 Å². The van der Waals surface area contributed by atoms with Crippen molar-refractivity contribution in [3.05, 3.63) is 65.2 Å². The second-order valence-corrected chi connectivity index (χ2v) is 12.4. The molecule has 4 atom stereocenters. The zero-order chi connectivity index (χ0) is 24.1. The molecule has 0 unspecified atom stereocenters. The number of carbonyl (C=O) groups is 1. The highest BCUT2D eigenvalue weighted by Crippen LogP contribution is 2.63. The monoisotopic (exact) mass is 483 g/mol. The molecule has 180 valence electrons. The van der Waals surface area contributed by atoms with Crippen molar-refractivity contribution in [1.82, 2.24) is 4.98 Å². The maximum atomic E-state index is 13.9. The summed E-state index contributed by atoms with van der Waals surface area (Å²) in [5, 5.41) is 8.81. The standard InChI is InChI=1S/C27H30FNO4S/c1-27-11-10-22-21-7-5-20(34(32,33)12-2-3-26(30)31)14-17(21)4-6-23(22)25(27)9-8-24(27)18-13-19(28)16-29-15-18/h5,7-8,13-16,22-23,25H,2-4,6,9-12H2,1H3,(H,30,31)/t22-,23-,25+,27-/m1/s1. The number of hydrogen-bond donors (Lipinski definition) is 1. The highest BCUT2D eigenvalue weighted by Gasteiger charge is 2.52. The molecule has 7 heteroatoms. The number of carboxylic acid groups (broad SMARTS) is 1. The lowest BCUT2D eigenvalue weighted by molar-refractivity contribution is -0.137. The summed E-state index contributed by atoms with van der Waals surface area (Å²) in [5.41, 5.74) is 4.49. The predicted molar refractivity (Wildman–Crippen MR) is 128 cm³/mol. The minimum Gasteiger partial charge on any atom is -0.481 e. The Morgan fingerprint density at radius 1 is 1.24 bits per heavy atom. The van der Waals surface area contributed by atoms with Crippen LogP contribution in [0.25, 0.3) is 5.57 Å². The molecule has 0 bridgehead atoms. The van der Waals surface area contributed by atoms with Crippen LogP contribution in [0.3, 0.4) is 0 Å². The fourth-order valence-corrected chi connectivity index (χ4v) is 8.21. The van der Waals surface area contributed by atoms with Crippen molar-refractivity contribution in [2.75, 3.05) is 5.75 Å². The number of nitrogens with zero attached hydrogens (tertiary/aromatic N) is 1. The first-order valence-corrected chi connectivity index (χ1v) is 13.7. The lowest BCUT2D eigenvalue weighted by atomic mass is 9.54. The van der Waals surface area contributed by atoms with Crippen LogP contribution in [-0.2, 0) is 21.1 Å². The van der Waals surface area contributed by atoms with Crippen LogP contribution in [0.4, 0.5) is 4.39 Å². The van der Waals surface area contributed by atoms with Gasteiger partial charge in [-0.2, -0.15) is 0 Å². The molecule has 5 nitrogen and oxygen atoms in total. The van der Waals surface area contributed by atoms with Gasteiger partial charge in [0.05, 0.1) is 16.8 Å². The first kappa shape index (κ1) is 23.2. The number of pyridine rings is 1. The van der Waals surface area contributed by atoms with E-state index in [1.54, 1.807) is 18.3 Å². The highest BCUT2D eigenvalue weighted by molar-refractivity contribution is 7.91. The molecule has 3 aliphatic rings. The van der Waals surface area contributed by atoms with Crippen LogP contribution in [0.5, 0.6) is 0 Å². The Kier molecular flexibility index (Phi) is 5.87. The Morgan fingerprint density at radius 3 is 2.82 bits per heavy atom. The minimum absolute atomic E-state index is 0.00155. The Balaban J connectivity index is 1.37. The number of allylic oxidation sites excluding steroid dienone is 2. The Labute approximate surface area is 200 Å². The first-order valence-electron chi connectivity index (χ1n) is 12.1. The lowest BCUT2D eigenvalue weighted by Gasteiger charge is -2.50. The van der Waals surface area contributed by atoms with Crippen LogP contribution in [0, 0.1) is 23.1 Å². The smallest absolute Gasteiger partial charge is 0.303 e. The number of hydrogen-bond acceptors (Lipinski definition) is 4. The van der Waals surface area contributed by atoms with E-state index in [9.17, 15) is 17.6 Å². The number of sulfone groups is 1. The maximum absolute atomic E-state index is 13.9. The topological polar surface area (TPSA) is 84.3 Å². The quantitative estimate of drug-likeness (QED) is 0.594. The van der Waals surface area contributed by atoms with Gasteiger partial charge in [0, 0.05) is 12.6 Å². The van der Waals surface area contributed by atoms with Crippen molar-refractivity contribution < 1.29 is 22.7 Å². The third kappa shape index (κ3) is 3.98. The van der Waals surface area contributed by atoms with Crippen molar-refractivity contribution in [2.24, 2.45) is 17.3 Å². The van der Waals surface area contributed by atoms with Crippen LogP contribution in [0.2, 0.25) is 0 Å². The molecular formula is C27H30FNO4S. The van der Waals surface area contributed by atoms with E-state index in [1.165, 1.54) is 17.3 Å². The molecule has 1 N–H and O–H groups in total. The van der Waals surface area contributed by atoms with Crippen molar-refractivity contribution in [3.8, 4) is 0 Å². The van der Waals surface area contributed by atoms with Crippen molar-refractivity contribution in [1.29, 1.82) is 0 Å². The molecule has 1 fully saturated rings. The molecule has 0 spiro atoms. The van der Waals surface area contributed by atoms with E-state index >= 15 is 0 Å². The minimum atomic E-state index is -3.49. The van der Waals surface area contributed by atoms with Gasteiger partial charge in [0.2, 0.25) is 0 Å². The largest absolute Gasteiger partial charge is 0.481 e. The molecule has 0 amide bonds. The summed E-state index contributed by atoms with van der Waals surface area (Å²) in [6.07, 6.45) is 10.1. The second-order valence-electron chi connectivity index (χ2n) is 10.3. The third-order valence-electron chi connectivity index (χ3n) is 8.46. The summed E-state index contributed by atoms with van der Waals surface area (Å²) < 4.78 is 39.3. The number of carboxylic acids is 1. The Bertz CT molecular complexity index is 1270. The zero-order valence-electron chi connectivity index (χ0n) is 19.3. The molecule has 1 saturated carbocycles. The van der Waals surface area contributed by atoms with E-state index in [2.05, 4.69) is 18.0 Å². The molecule has 0 saturated heterocycles. The number of aryl methyl sites for hydroxylation is 1. The summed E-state index contributed by atoms with van der Waals surface area (Å²) in [6.45, 7) is 2.32. The van der Waals surface area contributed by atoms with Gasteiger partial charge in [0.1, 0.15) is 5.82 Å². The fraction of sp³-hybridized carbons (Fsp3) is 0.481. The van der Waals surface area contributed by atoms with Crippen LogP contribution >= 0.6 is 0 Å². The van der Waals surface area contributed by atoms with Crippen LogP contribution in [0.1, 0.15) is 68.1 Å². The van der Waals surface area contributed by atoms with Crippen molar-refractivity contribution in [2.45, 2.75) is 62.7 Å². The van der Waals surface area contributed by atoms with Gasteiger partial charge in [0.15, 0.2) is 9.84 Å². The van der Waals surface area contributed by atoms with Gasteiger partial charge in [-0.05, 0) is 102 Å². The van der Waals surface area contributed by atoms with Crippen LogP contribution in [0.15, 0.2) is 47.6 Å². The summed E-state index contributed by atoms with van der Waals surface area (Å²) in [6, 6.07) is 7.12. The average Bonchev–Trinajstić information content (AvgIpc) is 3.15. The summed E-state index contributed by atoms with van der Waals surface area (Å²) in [7, 11) is -3.49. The highest BCUT2D eigenvalue weighted by atomic mass is 32.2. The number of benzene rings is 1. The van der Waals surface area contributed by atoms with Gasteiger partial charge in [-0.15, -0.1) is 0 Å². The van der Waals surface area contributed by atoms with Gasteiger partial charge >= 0.3 is 5.97 Å². The molecular weight excluding hydrogens is 453 g/mol. The molecule has 2 aromatic rings. The molecule has 5 rings (SSSR count). The SMILES string of the molecule is C[C@]12CC[C@@H]3c4ccc(S(=O)(=O)CCCC(=O)O)cc4CC[C@H]3[C@@H]1CC=C2c1cncc(F)c1. The maximum Gasteiger partial charge on any atom is 0.303 e. The molecule has 1 heterocycles. The van der Waals surface area contributed by atoms with Gasteiger partial charge in [-0.1, -0.05) is 19.1 Å². The zero-order valence-corrected chi connectivity index (χ0v) is 20.2. The molecule has 34 heavy (non-hydrogen) atoms. The van der Waals surface area contributed by atoms with Crippen molar-refractivity contribution >= 4 is 21.4 Å². The van der Waals surface area contributed by atoms with Gasteiger partial charge < -0.3 is 5.11 Å². The van der Waals surface area contributed by atoms with E-state index in [1.807, 2.05) is 12.1 Å². The van der Waals surface area contributed by atoms with Crippen LogP contribution < -0.4 is 0 Å². The molecule has 1 aromatic heterocycles. The fourth-order valence-electron chi connectivity index (χ4n) is 6.86.